The van der Waals surface area contributed by atoms with Gasteiger partial charge in [-0.1, -0.05) is 0 Å². The molecule has 1 unspecified atom stereocenters. The number of ether oxygens (including phenoxy) is 1. The van der Waals surface area contributed by atoms with Gasteiger partial charge >= 0.3 is 0 Å². The molecule has 0 spiro atoms. The van der Waals surface area contributed by atoms with Crippen LogP contribution in [0.4, 0.5) is 0 Å². The summed E-state index contributed by atoms with van der Waals surface area (Å²) in [6, 6.07) is 5.49. The normalized spacial score (nSPS) is 20.0. The molecule has 1 saturated heterocycles. The minimum atomic E-state index is -0.230. The van der Waals surface area contributed by atoms with E-state index in [4.69, 9.17) is 15.9 Å². The molecule has 0 radical (unpaired) electrons. The number of methoxy groups -OCH3 is 1. The van der Waals surface area contributed by atoms with Crippen LogP contribution in [0.1, 0.15) is 17.5 Å². The average molecular weight is 249 g/mol. The summed E-state index contributed by atoms with van der Waals surface area (Å²) in [5, 5.41) is 17.0. The molecule has 1 aliphatic heterocycles. The summed E-state index contributed by atoms with van der Waals surface area (Å²) in [6.07, 6.45) is 0.585. The van der Waals surface area contributed by atoms with Crippen molar-refractivity contribution in [2.75, 3.05) is 20.2 Å². The Morgan fingerprint density at radius 2 is 2.39 bits per heavy atom. The third-order valence-corrected chi connectivity index (χ3v) is 3.23. The van der Waals surface area contributed by atoms with Crippen molar-refractivity contribution in [3.63, 3.8) is 0 Å². The molecule has 1 aromatic carbocycles. The lowest BCUT2D eigenvalue weighted by molar-refractivity contribution is 0.174. The van der Waals surface area contributed by atoms with Gasteiger partial charge in [0, 0.05) is 30.8 Å². The molecule has 0 aliphatic carbocycles. The third-order valence-electron chi connectivity index (χ3n) is 3.23. The fraction of sp³-hybridized carbons (Fsp3) is 0.462. The van der Waals surface area contributed by atoms with Gasteiger partial charge in [0.1, 0.15) is 11.6 Å². The number of nitrogens with zero attached hydrogens (tertiary/aromatic N) is 1. The SMILES string of the molecule is COc1ccc(C(=N)N)cc1CN1CCC(O)C1. The number of β-amino-alcohol motifs (C(OH)–C–C–N with tert-alkyl or cyclic N) is 1. The van der Waals surface area contributed by atoms with E-state index in [0.29, 0.717) is 18.7 Å². The quantitative estimate of drug-likeness (QED) is 0.537. The maximum Gasteiger partial charge on any atom is 0.123 e. The molecule has 5 heteroatoms. The topological polar surface area (TPSA) is 82.6 Å². The zero-order valence-corrected chi connectivity index (χ0v) is 10.5. The molecule has 1 atom stereocenters. The first-order valence-corrected chi connectivity index (χ1v) is 6.02. The smallest absolute Gasteiger partial charge is 0.123 e. The van der Waals surface area contributed by atoms with Crippen molar-refractivity contribution in [2.24, 2.45) is 5.73 Å². The summed E-state index contributed by atoms with van der Waals surface area (Å²) in [6.45, 7) is 2.28. The van der Waals surface area contributed by atoms with E-state index in [0.717, 1.165) is 24.3 Å². The second-order valence-electron chi connectivity index (χ2n) is 4.62. The largest absolute Gasteiger partial charge is 0.496 e. The molecule has 18 heavy (non-hydrogen) atoms. The van der Waals surface area contributed by atoms with Crippen molar-refractivity contribution in [2.45, 2.75) is 19.1 Å². The zero-order valence-electron chi connectivity index (χ0n) is 10.5. The summed E-state index contributed by atoms with van der Waals surface area (Å²) in [5.41, 5.74) is 7.19. The number of nitrogens with two attached hydrogens (primary N) is 1. The van der Waals surface area contributed by atoms with Crippen LogP contribution in [0.2, 0.25) is 0 Å². The van der Waals surface area contributed by atoms with Crippen molar-refractivity contribution in [3.05, 3.63) is 29.3 Å². The molecule has 1 aromatic rings. The number of rotatable bonds is 4. The summed E-state index contributed by atoms with van der Waals surface area (Å²) in [5.74, 6) is 0.849. The Labute approximate surface area is 107 Å². The van der Waals surface area contributed by atoms with Crippen LogP contribution >= 0.6 is 0 Å². The standard InChI is InChI=1S/C13H19N3O2/c1-18-12-3-2-9(13(14)15)6-10(12)7-16-5-4-11(17)8-16/h2-3,6,11,17H,4-5,7-8H2,1H3,(H3,14,15). The van der Waals surface area contributed by atoms with Crippen LogP contribution in [0, 0.1) is 5.41 Å². The Kier molecular flexibility index (Phi) is 3.84. The molecule has 4 N–H and O–H groups in total. The fourth-order valence-electron chi connectivity index (χ4n) is 2.27. The van der Waals surface area contributed by atoms with Gasteiger partial charge in [-0.2, -0.15) is 0 Å². The molecule has 2 rings (SSSR count). The van der Waals surface area contributed by atoms with Crippen LogP contribution in [-0.4, -0.2) is 42.1 Å². The van der Waals surface area contributed by atoms with E-state index in [-0.39, 0.29) is 11.9 Å². The van der Waals surface area contributed by atoms with Gasteiger partial charge in [-0.3, -0.25) is 10.3 Å². The van der Waals surface area contributed by atoms with Gasteiger partial charge < -0.3 is 15.6 Å². The number of benzene rings is 1. The molecule has 0 bridgehead atoms. The number of nitrogens with one attached hydrogen (secondary N) is 1. The Balaban J connectivity index is 2.18. The average Bonchev–Trinajstić information content (AvgIpc) is 2.74. The lowest BCUT2D eigenvalue weighted by Crippen LogP contribution is -2.22. The van der Waals surface area contributed by atoms with Crippen LogP contribution in [-0.2, 0) is 6.54 Å². The Hall–Kier alpha value is -1.59. The van der Waals surface area contributed by atoms with Crippen molar-refractivity contribution in [1.82, 2.24) is 4.90 Å². The van der Waals surface area contributed by atoms with Crippen molar-refractivity contribution in [3.8, 4) is 5.75 Å². The fourth-order valence-corrected chi connectivity index (χ4v) is 2.27. The van der Waals surface area contributed by atoms with Gasteiger partial charge in [0.2, 0.25) is 0 Å². The molecule has 5 nitrogen and oxygen atoms in total. The molecule has 1 heterocycles. The van der Waals surface area contributed by atoms with E-state index >= 15 is 0 Å². The summed E-state index contributed by atoms with van der Waals surface area (Å²) in [4.78, 5) is 2.17. The summed E-state index contributed by atoms with van der Waals surface area (Å²) in [7, 11) is 1.63. The highest BCUT2D eigenvalue weighted by molar-refractivity contribution is 5.95. The van der Waals surface area contributed by atoms with Crippen molar-refractivity contribution in [1.29, 1.82) is 5.41 Å². The summed E-state index contributed by atoms with van der Waals surface area (Å²) < 4.78 is 5.32. The maximum absolute atomic E-state index is 9.52. The van der Waals surface area contributed by atoms with Crippen LogP contribution < -0.4 is 10.5 Å². The number of nitrogen functional groups attached to an aromatic ring is 1. The molecule has 1 aliphatic rings. The van der Waals surface area contributed by atoms with E-state index in [1.54, 1.807) is 13.2 Å². The first-order chi connectivity index (χ1) is 8.60. The lowest BCUT2D eigenvalue weighted by atomic mass is 10.1. The number of hydrogen-bond acceptors (Lipinski definition) is 4. The Bertz CT molecular complexity index is 448. The van der Waals surface area contributed by atoms with Crippen LogP contribution in [0.25, 0.3) is 0 Å². The number of hydrogen-bond donors (Lipinski definition) is 3. The minimum Gasteiger partial charge on any atom is -0.496 e. The molecule has 0 saturated carbocycles. The molecule has 1 fully saturated rings. The maximum atomic E-state index is 9.52. The van der Waals surface area contributed by atoms with Gasteiger partial charge in [-0.05, 0) is 24.6 Å². The van der Waals surface area contributed by atoms with E-state index in [1.807, 2.05) is 12.1 Å². The van der Waals surface area contributed by atoms with E-state index in [2.05, 4.69) is 4.90 Å². The van der Waals surface area contributed by atoms with Gasteiger partial charge in [0.25, 0.3) is 0 Å². The highest BCUT2D eigenvalue weighted by Crippen LogP contribution is 2.23. The number of aliphatic hydroxyl groups is 1. The number of aliphatic hydroxyl groups excluding tert-OH is 1. The highest BCUT2D eigenvalue weighted by atomic mass is 16.5. The number of amidine groups is 1. The highest BCUT2D eigenvalue weighted by Gasteiger charge is 2.21. The van der Waals surface area contributed by atoms with Crippen molar-refractivity contribution >= 4 is 5.84 Å². The number of likely N-dealkylation sites (tertiary alicyclic amines) is 1. The van der Waals surface area contributed by atoms with E-state index < -0.39 is 0 Å². The minimum absolute atomic E-state index is 0.0559. The van der Waals surface area contributed by atoms with Crippen molar-refractivity contribution < 1.29 is 9.84 Å². The monoisotopic (exact) mass is 249 g/mol. The van der Waals surface area contributed by atoms with Crippen LogP contribution in [0.15, 0.2) is 18.2 Å². The van der Waals surface area contributed by atoms with Crippen LogP contribution in [0.3, 0.4) is 0 Å². The van der Waals surface area contributed by atoms with Gasteiger partial charge in [-0.25, -0.2) is 0 Å². The summed E-state index contributed by atoms with van der Waals surface area (Å²) >= 11 is 0. The lowest BCUT2D eigenvalue weighted by Gasteiger charge is -2.17. The van der Waals surface area contributed by atoms with E-state index in [9.17, 15) is 5.11 Å². The first-order valence-electron chi connectivity index (χ1n) is 6.02. The molecular formula is C13H19N3O2. The predicted molar refractivity (Wildman–Crippen MR) is 69.9 cm³/mol. The molecule has 0 aromatic heterocycles. The Morgan fingerprint density at radius 1 is 1.61 bits per heavy atom. The second-order valence-corrected chi connectivity index (χ2v) is 4.62. The van der Waals surface area contributed by atoms with Gasteiger partial charge in [0.05, 0.1) is 13.2 Å². The van der Waals surface area contributed by atoms with Gasteiger partial charge in [0.15, 0.2) is 0 Å². The predicted octanol–water partition coefficient (Wildman–Crippen LogP) is 0.546. The first kappa shape index (κ1) is 12.9. The molecule has 0 amide bonds. The zero-order chi connectivity index (χ0) is 13.1. The molecular weight excluding hydrogens is 230 g/mol. The second kappa shape index (κ2) is 5.37. The van der Waals surface area contributed by atoms with Gasteiger partial charge in [-0.15, -0.1) is 0 Å². The van der Waals surface area contributed by atoms with E-state index in [1.165, 1.54) is 0 Å². The van der Waals surface area contributed by atoms with Crippen LogP contribution in [0.5, 0.6) is 5.75 Å². The molecule has 98 valence electrons. The Morgan fingerprint density at radius 3 is 2.94 bits per heavy atom. The third kappa shape index (κ3) is 2.80.